The van der Waals surface area contributed by atoms with Crippen LogP contribution in [0.1, 0.15) is 15.9 Å². The minimum Gasteiger partial charge on any atom is -0.289 e. The lowest BCUT2D eigenvalue weighted by molar-refractivity contribution is -0.385. The molecule has 0 aliphatic heterocycles. The van der Waals surface area contributed by atoms with Gasteiger partial charge in [0.1, 0.15) is 0 Å². The number of carbonyl (C=O) groups is 1. The molecule has 0 saturated carbocycles. The molecule has 0 radical (unpaired) electrons. The quantitative estimate of drug-likeness (QED) is 0.367. The molecule has 20 heavy (non-hydrogen) atoms. The highest BCUT2D eigenvalue weighted by Gasteiger charge is 2.10. The van der Waals surface area contributed by atoms with Gasteiger partial charge >= 0.3 is 0 Å². The molecule has 100 valence electrons. The number of nitro benzene ring substituents is 1. The second-order valence-corrected chi connectivity index (χ2v) is 4.46. The zero-order valence-corrected chi connectivity index (χ0v) is 11.1. The molecule has 2 aromatic carbocycles. The third-order valence-electron chi connectivity index (χ3n) is 2.66. The van der Waals surface area contributed by atoms with E-state index < -0.39 is 4.92 Å². The number of halogens is 1. The predicted octanol–water partition coefficient (Wildman–Crippen LogP) is 4.14. The van der Waals surface area contributed by atoms with Gasteiger partial charge < -0.3 is 0 Å². The Morgan fingerprint density at radius 2 is 1.90 bits per heavy atom. The van der Waals surface area contributed by atoms with Gasteiger partial charge in [-0.2, -0.15) is 0 Å². The smallest absolute Gasteiger partial charge is 0.276 e. The minimum atomic E-state index is -0.483. The van der Waals surface area contributed by atoms with Crippen molar-refractivity contribution >= 4 is 29.1 Å². The van der Waals surface area contributed by atoms with Crippen molar-refractivity contribution in [3.05, 3.63) is 80.9 Å². The van der Waals surface area contributed by atoms with Gasteiger partial charge in [-0.05, 0) is 30.4 Å². The molecule has 0 fully saturated rings. The van der Waals surface area contributed by atoms with E-state index in [-0.39, 0.29) is 11.5 Å². The molecular weight excluding hydrogens is 278 g/mol. The summed E-state index contributed by atoms with van der Waals surface area (Å²) in [6.45, 7) is 0. The summed E-state index contributed by atoms with van der Waals surface area (Å²) in [4.78, 5) is 22.3. The average molecular weight is 288 g/mol. The topological polar surface area (TPSA) is 60.2 Å². The van der Waals surface area contributed by atoms with E-state index in [1.807, 2.05) is 0 Å². The van der Waals surface area contributed by atoms with Gasteiger partial charge in [-0.25, -0.2) is 0 Å². The van der Waals surface area contributed by atoms with Crippen molar-refractivity contribution in [3.63, 3.8) is 0 Å². The van der Waals surface area contributed by atoms with Crippen LogP contribution in [0.4, 0.5) is 5.69 Å². The summed E-state index contributed by atoms with van der Waals surface area (Å²) in [6.07, 6.45) is 2.73. The van der Waals surface area contributed by atoms with E-state index in [1.54, 1.807) is 42.5 Å². The molecule has 0 aliphatic rings. The molecule has 0 atom stereocenters. The number of nitrogens with zero attached hydrogens (tertiary/aromatic N) is 1. The highest BCUT2D eigenvalue weighted by atomic mass is 35.5. The lowest BCUT2D eigenvalue weighted by Crippen LogP contribution is -1.94. The van der Waals surface area contributed by atoms with Crippen LogP contribution in [0.15, 0.2) is 54.6 Å². The van der Waals surface area contributed by atoms with E-state index >= 15 is 0 Å². The van der Waals surface area contributed by atoms with E-state index in [0.717, 1.165) is 0 Å². The van der Waals surface area contributed by atoms with E-state index in [1.165, 1.54) is 18.2 Å². The Labute approximate surface area is 120 Å². The van der Waals surface area contributed by atoms with Gasteiger partial charge in [-0.3, -0.25) is 14.9 Å². The number of hydrogen-bond acceptors (Lipinski definition) is 3. The summed E-state index contributed by atoms with van der Waals surface area (Å²) in [5.41, 5.74) is 0.780. The maximum atomic E-state index is 11.9. The van der Waals surface area contributed by atoms with Crippen LogP contribution in [-0.2, 0) is 0 Å². The zero-order valence-electron chi connectivity index (χ0n) is 10.3. The SMILES string of the molecule is O=C(C=Cc1ccccc1[N+](=O)[O-])c1cccc(Cl)c1. The largest absolute Gasteiger partial charge is 0.289 e. The first-order valence-electron chi connectivity index (χ1n) is 5.79. The first-order chi connectivity index (χ1) is 9.58. The first kappa shape index (κ1) is 14.0. The number of para-hydroxylation sites is 1. The molecule has 4 nitrogen and oxygen atoms in total. The summed E-state index contributed by atoms with van der Waals surface area (Å²) in [6, 6.07) is 12.8. The zero-order chi connectivity index (χ0) is 14.5. The van der Waals surface area contributed by atoms with Gasteiger partial charge in [-0.15, -0.1) is 0 Å². The Hall–Kier alpha value is -2.46. The number of allylic oxidation sites excluding steroid dienone is 1. The third kappa shape index (κ3) is 3.30. The Balaban J connectivity index is 2.26. The summed E-state index contributed by atoms with van der Waals surface area (Å²) in [7, 11) is 0. The average Bonchev–Trinajstić information content (AvgIpc) is 2.45. The fourth-order valence-corrected chi connectivity index (χ4v) is 1.89. The van der Waals surface area contributed by atoms with Gasteiger partial charge in [0.15, 0.2) is 5.78 Å². The number of benzene rings is 2. The second-order valence-electron chi connectivity index (χ2n) is 4.02. The molecule has 0 spiro atoms. The molecule has 2 rings (SSSR count). The standard InChI is InChI=1S/C15H10ClNO3/c16-13-6-3-5-12(10-13)15(18)9-8-11-4-1-2-7-14(11)17(19)20/h1-10H. The number of nitro groups is 1. The first-order valence-corrected chi connectivity index (χ1v) is 6.17. The normalized spacial score (nSPS) is 10.7. The molecule has 0 aromatic heterocycles. The summed E-state index contributed by atoms with van der Waals surface area (Å²) in [5.74, 6) is -0.259. The molecule has 5 heteroatoms. The maximum Gasteiger partial charge on any atom is 0.276 e. The van der Waals surface area contributed by atoms with Gasteiger partial charge in [-0.1, -0.05) is 35.9 Å². The van der Waals surface area contributed by atoms with Crippen molar-refractivity contribution in [3.8, 4) is 0 Å². The molecular formula is C15H10ClNO3. The summed E-state index contributed by atoms with van der Waals surface area (Å²) < 4.78 is 0. The Kier molecular flexibility index (Phi) is 4.27. The van der Waals surface area contributed by atoms with Crippen LogP contribution in [0.3, 0.4) is 0 Å². The molecule has 0 aliphatic carbocycles. The van der Waals surface area contributed by atoms with Gasteiger partial charge in [0, 0.05) is 16.7 Å². The molecule has 0 bridgehead atoms. The minimum absolute atomic E-state index is 0.0392. The number of hydrogen-bond donors (Lipinski definition) is 0. The van der Waals surface area contributed by atoms with Crippen LogP contribution < -0.4 is 0 Å². The van der Waals surface area contributed by atoms with Crippen molar-refractivity contribution in [1.82, 2.24) is 0 Å². The van der Waals surface area contributed by atoms with Crippen LogP contribution in [-0.4, -0.2) is 10.7 Å². The van der Waals surface area contributed by atoms with Crippen LogP contribution in [0.2, 0.25) is 5.02 Å². The van der Waals surface area contributed by atoms with E-state index in [0.29, 0.717) is 16.1 Å². The molecule has 0 heterocycles. The second kappa shape index (κ2) is 6.12. The Morgan fingerprint density at radius 1 is 1.15 bits per heavy atom. The van der Waals surface area contributed by atoms with Gasteiger partial charge in [0.25, 0.3) is 5.69 Å². The van der Waals surface area contributed by atoms with Crippen molar-refractivity contribution in [2.24, 2.45) is 0 Å². The molecule has 0 saturated heterocycles. The van der Waals surface area contributed by atoms with E-state index in [2.05, 4.69) is 0 Å². The van der Waals surface area contributed by atoms with E-state index in [9.17, 15) is 14.9 Å². The van der Waals surface area contributed by atoms with Crippen LogP contribution in [0, 0.1) is 10.1 Å². The van der Waals surface area contributed by atoms with Crippen molar-refractivity contribution in [2.75, 3.05) is 0 Å². The third-order valence-corrected chi connectivity index (χ3v) is 2.89. The number of rotatable bonds is 4. The fraction of sp³-hybridized carbons (Fsp3) is 0. The molecule has 0 unspecified atom stereocenters. The van der Waals surface area contributed by atoms with Crippen molar-refractivity contribution < 1.29 is 9.72 Å². The lowest BCUT2D eigenvalue weighted by atomic mass is 10.1. The highest BCUT2D eigenvalue weighted by Crippen LogP contribution is 2.19. The Bertz CT molecular complexity index is 695. The molecule has 0 amide bonds. The lowest BCUT2D eigenvalue weighted by Gasteiger charge is -1.98. The van der Waals surface area contributed by atoms with Crippen LogP contribution >= 0.6 is 11.6 Å². The predicted molar refractivity (Wildman–Crippen MR) is 77.9 cm³/mol. The Morgan fingerprint density at radius 3 is 2.60 bits per heavy atom. The fourth-order valence-electron chi connectivity index (χ4n) is 1.70. The van der Waals surface area contributed by atoms with Crippen molar-refractivity contribution in [2.45, 2.75) is 0 Å². The summed E-state index contributed by atoms with van der Waals surface area (Å²) in [5, 5.41) is 11.3. The van der Waals surface area contributed by atoms with E-state index in [4.69, 9.17) is 11.6 Å². The van der Waals surface area contributed by atoms with Gasteiger partial charge in [0.05, 0.1) is 10.5 Å². The maximum absolute atomic E-state index is 11.9. The monoisotopic (exact) mass is 287 g/mol. The molecule has 2 aromatic rings. The van der Waals surface area contributed by atoms with Crippen molar-refractivity contribution in [1.29, 1.82) is 0 Å². The van der Waals surface area contributed by atoms with Gasteiger partial charge in [0.2, 0.25) is 0 Å². The number of ketones is 1. The highest BCUT2D eigenvalue weighted by molar-refractivity contribution is 6.31. The van der Waals surface area contributed by atoms with Crippen LogP contribution in [0.25, 0.3) is 6.08 Å². The summed E-state index contributed by atoms with van der Waals surface area (Å²) >= 11 is 5.81. The number of carbonyl (C=O) groups excluding carboxylic acids is 1. The van der Waals surface area contributed by atoms with Crippen LogP contribution in [0.5, 0.6) is 0 Å². The molecule has 0 N–H and O–H groups in total.